The van der Waals surface area contributed by atoms with E-state index < -0.39 is 5.82 Å². The van der Waals surface area contributed by atoms with Gasteiger partial charge in [0, 0.05) is 12.1 Å². The number of nitriles is 1. The van der Waals surface area contributed by atoms with Crippen LogP contribution in [0.15, 0.2) is 18.3 Å². The van der Waals surface area contributed by atoms with Crippen LogP contribution in [-0.4, -0.2) is 15.2 Å². The molecule has 1 aliphatic rings. The molecular formula is C13H13FN4. The van der Waals surface area contributed by atoms with E-state index in [0.717, 1.165) is 11.8 Å². The number of aromatic nitrogens is 2. The molecule has 0 aliphatic heterocycles. The number of rotatable bonds is 3. The number of pyridine rings is 1. The Bertz CT molecular complexity index is 649. The van der Waals surface area contributed by atoms with Gasteiger partial charge < -0.3 is 5.32 Å². The average Bonchev–Trinajstić information content (AvgIpc) is 3.00. The normalized spacial score (nSPS) is 16.7. The smallest absolute Gasteiger partial charge is 0.168 e. The van der Waals surface area contributed by atoms with Crippen LogP contribution in [0.4, 0.5) is 4.39 Å². The Kier molecular flexibility index (Phi) is 2.35. The summed E-state index contributed by atoms with van der Waals surface area (Å²) in [6.07, 6.45) is 3.47. The van der Waals surface area contributed by atoms with Crippen LogP contribution in [0.5, 0.6) is 0 Å². The first-order valence-electron chi connectivity index (χ1n) is 5.93. The predicted octanol–water partition coefficient (Wildman–Crippen LogP) is 1.99. The molecule has 5 heteroatoms. The van der Waals surface area contributed by atoms with Gasteiger partial charge in [0.05, 0.1) is 6.20 Å². The molecule has 92 valence electrons. The first kappa shape index (κ1) is 11.2. The topological polar surface area (TPSA) is 53.1 Å². The summed E-state index contributed by atoms with van der Waals surface area (Å²) < 4.78 is 14.8. The van der Waals surface area contributed by atoms with E-state index in [2.05, 4.69) is 17.3 Å². The van der Waals surface area contributed by atoms with Crippen LogP contribution in [-0.2, 0) is 6.54 Å². The maximum atomic E-state index is 13.5. The van der Waals surface area contributed by atoms with Crippen molar-refractivity contribution in [1.29, 1.82) is 5.26 Å². The molecule has 0 radical (unpaired) electrons. The molecule has 18 heavy (non-hydrogen) atoms. The third kappa shape index (κ3) is 1.85. The maximum absolute atomic E-state index is 13.5. The van der Waals surface area contributed by atoms with E-state index in [0.29, 0.717) is 17.8 Å². The molecule has 2 aromatic rings. The van der Waals surface area contributed by atoms with E-state index in [4.69, 9.17) is 5.26 Å². The average molecular weight is 244 g/mol. The fraction of sp³-hybridized carbons (Fsp3) is 0.385. The van der Waals surface area contributed by atoms with E-state index in [1.165, 1.54) is 17.4 Å². The standard InChI is InChI=1S/C13H13FN4/c1-13(2-3-13)16-7-9-4-10(6-15)18-12(5-9)11(14)8-17-18/h4-5,8,16H,2-3,7H2,1H3. The van der Waals surface area contributed by atoms with Gasteiger partial charge in [-0.1, -0.05) is 0 Å². The molecule has 1 N–H and O–H groups in total. The molecule has 4 nitrogen and oxygen atoms in total. The zero-order valence-electron chi connectivity index (χ0n) is 10.1. The second-order valence-electron chi connectivity index (χ2n) is 5.06. The van der Waals surface area contributed by atoms with Crippen molar-refractivity contribution in [2.75, 3.05) is 0 Å². The lowest BCUT2D eigenvalue weighted by molar-refractivity contribution is 0.537. The summed E-state index contributed by atoms with van der Waals surface area (Å²) >= 11 is 0. The van der Waals surface area contributed by atoms with Gasteiger partial charge in [-0.3, -0.25) is 0 Å². The summed E-state index contributed by atoms with van der Waals surface area (Å²) in [5.41, 5.74) is 1.84. The third-order valence-electron chi connectivity index (χ3n) is 3.47. The lowest BCUT2D eigenvalue weighted by atomic mass is 10.2. The van der Waals surface area contributed by atoms with E-state index in [9.17, 15) is 4.39 Å². The van der Waals surface area contributed by atoms with Gasteiger partial charge in [0.2, 0.25) is 0 Å². The first-order chi connectivity index (χ1) is 8.61. The molecule has 0 spiro atoms. The Labute approximate surface area is 104 Å². The quantitative estimate of drug-likeness (QED) is 0.898. The third-order valence-corrected chi connectivity index (χ3v) is 3.47. The molecule has 0 aromatic carbocycles. The molecule has 1 saturated carbocycles. The van der Waals surface area contributed by atoms with E-state index >= 15 is 0 Å². The lowest BCUT2D eigenvalue weighted by Gasteiger charge is -2.11. The number of hydrogen-bond acceptors (Lipinski definition) is 3. The summed E-state index contributed by atoms with van der Waals surface area (Å²) in [4.78, 5) is 0. The van der Waals surface area contributed by atoms with Crippen LogP contribution in [0.2, 0.25) is 0 Å². The fourth-order valence-corrected chi connectivity index (χ4v) is 1.98. The monoisotopic (exact) mass is 244 g/mol. The molecule has 0 atom stereocenters. The summed E-state index contributed by atoms with van der Waals surface area (Å²) in [5.74, 6) is -0.397. The minimum Gasteiger partial charge on any atom is -0.307 e. The van der Waals surface area contributed by atoms with Crippen LogP contribution in [0.25, 0.3) is 5.52 Å². The summed E-state index contributed by atoms with van der Waals surface area (Å²) in [7, 11) is 0. The van der Waals surface area contributed by atoms with Crippen molar-refractivity contribution < 1.29 is 4.39 Å². The second kappa shape index (κ2) is 3.79. The number of nitrogens with zero attached hydrogens (tertiary/aromatic N) is 3. The van der Waals surface area contributed by atoms with Gasteiger partial charge in [-0.25, -0.2) is 8.91 Å². The van der Waals surface area contributed by atoms with Crippen LogP contribution in [0.1, 0.15) is 31.0 Å². The molecular weight excluding hydrogens is 231 g/mol. The van der Waals surface area contributed by atoms with Crippen molar-refractivity contribution in [2.24, 2.45) is 0 Å². The van der Waals surface area contributed by atoms with Crippen LogP contribution in [0.3, 0.4) is 0 Å². The van der Waals surface area contributed by atoms with Crippen molar-refractivity contribution in [2.45, 2.75) is 31.8 Å². The highest BCUT2D eigenvalue weighted by Gasteiger charge is 2.36. The molecule has 0 saturated heterocycles. The maximum Gasteiger partial charge on any atom is 0.168 e. The molecule has 2 aromatic heterocycles. The molecule has 0 amide bonds. The van der Waals surface area contributed by atoms with Gasteiger partial charge in [0.1, 0.15) is 17.3 Å². The number of fused-ring (bicyclic) bond motifs is 1. The predicted molar refractivity (Wildman–Crippen MR) is 64.3 cm³/mol. The van der Waals surface area contributed by atoms with E-state index in [1.54, 1.807) is 12.1 Å². The largest absolute Gasteiger partial charge is 0.307 e. The summed E-state index contributed by atoms with van der Waals surface area (Å²) in [6.45, 7) is 2.81. The Morgan fingerprint density at radius 1 is 1.56 bits per heavy atom. The zero-order chi connectivity index (χ0) is 12.8. The molecule has 1 fully saturated rings. The van der Waals surface area contributed by atoms with Gasteiger partial charge in [-0.2, -0.15) is 10.4 Å². The molecule has 0 bridgehead atoms. The molecule has 1 aliphatic carbocycles. The van der Waals surface area contributed by atoms with Crippen molar-refractivity contribution in [3.8, 4) is 6.07 Å². The highest BCUT2D eigenvalue weighted by Crippen LogP contribution is 2.34. The van der Waals surface area contributed by atoms with Crippen LogP contribution < -0.4 is 5.32 Å². The van der Waals surface area contributed by atoms with Crippen molar-refractivity contribution in [3.63, 3.8) is 0 Å². The van der Waals surface area contributed by atoms with E-state index in [-0.39, 0.29) is 5.54 Å². The number of hydrogen-bond donors (Lipinski definition) is 1. The first-order valence-corrected chi connectivity index (χ1v) is 5.93. The summed E-state index contributed by atoms with van der Waals surface area (Å²) in [5, 5.41) is 16.3. The Morgan fingerprint density at radius 2 is 2.33 bits per heavy atom. The van der Waals surface area contributed by atoms with Crippen LogP contribution >= 0.6 is 0 Å². The zero-order valence-corrected chi connectivity index (χ0v) is 10.1. The SMILES string of the molecule is CC1(NCc2cc(C#N)n3ncc(F)c3c2)CC1. The molecule has 3 rings (SSSR count). The van der Waals surface area contributed by atoms with Gasteiger partial charge >= 0.3 is 0 Å². The minimum absolute atomic E-state index is 0.220. The summed E-state index contributed by atoms with van der Waals surface area (Å²) in [6, 6.07) is 5.53. The van der Waals surface area contributed by atoms with Crippen molar-refractivity contribution in [1.82, 2.24) is 14.9 Å². The highest BCUT2D eigenvalue weighted by atomic mass is 19.1. The molecule has 2 heterocycles. The lowest BCUT2D eigenvalue weighted by Crippen LogP contribution is -2.27. The highest BCUT2D eigenvalue weighted by molar-refractivity contribution is 5.52. The fourth-order valence-electron chi connectivity index (χ4n) is 1.98. The van der Waals surface area contributed by atoms with E-state index in [1.807, 2.05) is 6.07 Å². The molecule has 0 unspecified atom stereocenters. The van der Waals surface area contributed by atoms with Crippen LogP contribution in [0, 0.1) is 17.1 Å². The Morgan fingerprint density at radius 3 is 3.00 bits per heavy atom. The van der Waals surface area contributed by atoms with Gasteiger partial charge in [-0.15, -0.1) is 0 Å². The van der Waals surface area contributed by atoms with Crippen molar-refractivity contribution in [3.05, 3.63) is 35.4 Å². The van der Waals surface area contributed by atoms with Gasteiger partial charge in [0.15, 0.2) is 5.82 Å². The number of halogens is 1. The van der Waals surface area contributed by atoms with Crippen molar-refractivity contribution >= 4 is 5.52 Å². The van der Waals surface area contributed by atoms with Gasteiger partial charge in [-0.05, 0) is 37.5 Å². The Hall–Kier alpha value is -1.93. The second-order valence-corrected chi connectivity index (χ2v) is 5.06. The minimum atomic E-state index is -0.397. The Balaban J connectivity index is 1.97. The number of nitrogens with one attached hydrogen (secondary N) is 1. The van der Waals surface area contributed by atoms with Gasteiger partial charge in [0.25, 0.3) is 0 Å².